The van der Waals surface area contributed by atoms with Gasteiger partial charge < -0.3 is 9.30 Å². The highest BCUT2D eigenvalue weighted by molar-refractivity contribution is 5.95. The van der Waals surface area contributed by atoms with E-state index in [1.807, 2.05) is 0 Å². The Labute approximate surface area is 126 Å². The van der Waals surface area contributed by atoms with E-state index in [9.17, 15) is 9.18 Å². The van der Waals surface area contributed by atoms with Crippen LogP contribution in [0.1, 0.15) is 23.1 Å². The van der Waals surface area contributed by atoms with Crippen LogP contribution >= 0.6 is 0 Å². The van der Waals surface area contributed by atoms with Gasteiger partial charge in [-0.1, -0.05) is 0 Å². The van der Waals surface area contributed by atoms with Crippen molar-refractivity contribution in [1.29, 1.82) is 0 Å². The maximum Gasteiger partial charge on any atom is 0.354 e. The van der Waals surface area contributed by atoms with Crippen LogP contribution in [-0.2, 0) is 11.3 Å². The Kier molecular flexibility index (Phi) is 3.82. The van der Waals surface area contributed by atoms with Crippen molar-refractivity contribution in [3.8, 4) is 0 Å². The second-order valence-electron chi connectivity index (χ2n) is 4.74. The number of carbonyl (C=O) groups excluding carboxylic acids is 1. The number of hydrogen-bond donors (Lipinski definition) is 0. The van der Waals surface area contributed by atoms with E-state index >= 15 is 0 Å². The molecule has 1 aromatic carbocycles. The quantitative estimate of drug-likeness (QED) is 0.695. The first kappa shape index (κ1) is 14.2. The summed E-state index contributed by atoms with van der Waals surface area (Å²) in [6.45, 7) is 2.41. The third kappa shape index (κ3) is 2.67. The molecule has 6 heteroatoms. The zero-order valence-corrected chi connectivity index (χ0v) is 12.0. The summed E-state index contributed by atoms with van der Waals surface area (Å²) >= 11 is 0. The molecule has 0 aliphatic heterocycles. The molecule has 0 fully saturated rings. The Bertz CT molecular complexity index is 815. The van der Waals surface area contributed by atoms with Crippen LogP contribution in [0.5, 0.6) is 0 Å². The summed E-state index contributed by atoms with van der Waals surface area (Å²) < 4.78 is 20.3. The Morgan fingerprint density at radius 1 is 1.32 bits per heavy atom. The number of nitrogens with zero attached hydrogens (tertiary/aromatic N) is 3. The van der Waals surface area contributed by atoms with Crippen molar-refractivity contribution < 1.29 is 13.9 Å². The van der Waals surface area contributed by atoms with Gasteiger partial charge in [0.25, 0.3) is 0 Å². The van der Waals surface area contributed by atoms with Gasteiger partial charge in [-0.05, 0) is 37.3 Å². The van der Waals surface area contributed by atoms with Gasteiger partial charge in [-0.2, -0.15) is 0 Å². The number of rotatable bonds is 4. The van der Waals surface area contributed by atoms with Gasteiger partial charge in [0.05, 0.1) is 18.8 Å². The second kappa shape index (κ2) is 5.93. The molecule has 0 N–H and O–H groups in total. The zero-order chi connectivity index (χ0) is 15.5. The summed E-state index contributed by atoms with van der Waals surface area (Å²) in [5.74, 6) is -0.782. The van der Waals surface area contributed by atoms with Crippen molar-refractivity contribution >= 4 is 16.9 Å². The van der Waals surface area contributed by atoms with E-state index in [1.54, 1.807) is 35.9 Å². The van der Waals surface area contributed by atoms with Gasteiger partial charge in [0.1, 0.15) is 17.8 Å². The fourth-order valence-electron chi connectivity index (χ4n) is 2.36. The minimum atomic E-state index is -0.437. The molecule has 0 saturated heterocycles. The molecule has 3 rings (SSSR count). The number of hydrogen-bond acceptors (Lipinski definition) is 4. The van der Waals surface area contributed by atoms with E-state index < -0.39 is 5.97 Å². The van der Waals surface area contributed by atoms with Crippen LogP contribution in [0.3, 0.4) is 0 Å². The van der Waals surface area contributed by atoms with Gasteiger partial charge in [0.2, 0.25) is 0 Å². The maximum atomic E-state index is 13.4. The summed E-state index contributed by atoms with van der Waals surface area (Å²) in [4.78, 5) is 20.2. The van der Waals surface area contributed by atoms with Crippen LogP contribution in [0.25, 0.3) is 10.9 Å². The molecule has 0 bridgehead atoms. The minimum absolute atomic E-state index is 0.280. The maximum absolute atomic E-state index is 13.4. The Hall–Kier alpha value is -2.76. The molecule has 3 aromatic rings. The molecular formula is C16H14FN3O2. The standard InChI is InChI=1S/C16H14FN3O2/c1-2-22-16(21)15-8-11-7-12(17)3-4-14(11)20(15)9-13-5-6-18-10-19-13/h3-8,10H,2,9H2,1H3. The molecule has 0 atom stereocenters. The van der Waals surface area contributed by atoms with Crippen molar-refractivity contribution in [2.45, 2.75) is 13.5 Å². The molecule has 0 spiro atoms. The van der Waals surface area contributed by atoms with Crippen LogP contribution in [0.4, 0.5) is 4.39 Å². The molecular weight excluding hydrogens is 285 g/mol. The van der Waals surface area contributed by atoms with Crippen LogP contribution in [0, 0.1) is 5.82 Å². The Balaban J connectivity index is 2.12. The third-order valence-corrected chi connectivity index (χ3v) is 3.31. The second-order valence-corrected chi connectivity index (χ2v) is 4.74. The van der Waals surface area contributed by atoms with E-state index in [0.29, 0.717) is 17.6 Å². The molecule has 2 heterocycles. The third-order valence-electron chi connectivity index (χ3n) is 3.31. The summed E-state index contributed by atoms with van der Waals surface area (Å²) in [6.07, 6.45) is 3.09. The van der Waals surface area contributed by atoms with Crippen molar-refractivity contribution in [3.05, 3.63) is 60.1 Å². The molecule has 2 aromatic heterocycles. The summed E-state index contributed by atoms with van der Waals surface area (Å²) in [5, 5.41) is 0.650. The number of fused-ring (bicyclic) bond motifs is 1. The smallest absolute Gasteiger partial charge is 0.354 e. The zero-order valence-electron chi connectivity index (χ0n) is 12.0. The van der Waals surface area contributed by atoms with Crippen molar-refractivity contribution in [2.75, 3.05) is 6.61 Å². The summed E-state index contributed by atoms with van der Waals surface area (Å²) in [6, 6.07) is 7.82. The van der Waals surface area contributed by atoms with Gasteiger partial charge >= 0.3 is 5.97 Å². The monoisotopic (exact) mass is 299 g/mol. The number of aromatic nitrogens is 3. The molecule has 0 radical (unpaired) electrons. The normalized spacial score (nSPS) is 10.8. The molecule has 5 nitrogen and oxygen atoms in total. The molecule has 0 aliphatic carbocycles. The molecule has 0 unspecified atom stereocenters. The average Bonchev–Trinajstić information content (AvgIpc) is 2.86. The summed E-state index contributed by atoms with van der Waals surface area (Å²) in [7, 11) is 0. The molecule has 0 aliphatic rings. The van der Waals surface area contributed by atoms with Crippen molar-refractivity contribution in [1.82, 2.24) is 14.5 Å². The van der Waals surface area contributed by atoms with Crippen molar-refractivity contribution in [2.24, 2.45) is 0 Å². The fourth-order valence-corrected chi connectivity index (χ4v) is 2.36. The van der Waals surface area contributed by atoms with Crippen LogP contribution < -0.4 is 0 Å². The lowest BCUT2D eigenvalue weighted by atomic mass is 10.2. The molecule has 112 valence electrons. The first-order valence-corrected chi connectivity index (χ1v) is 6.90. The summed E-state index contributed by atoms with van der Waals surface area (Å²) in [5.41, 5.74) is 1.88. The van der Waals surface area contributed by atoms with Gasteiger partial charge in [-0.25, -0.2) is 19.2 Å². The van der Waals surface area contributed by atoms with E-state index in [-0.39, 0.29) is 12.4 Å². The predicted octanol–water partition coefficient (Wildman–Crippen LogP) is 2.80. The van der Waals surface area contributed by atoms with E-state index in [2.05, 4.69) is 9.97 Å². The van der Waals surface area contributed by atoms with Gasteiger partial charge in [-0.3, -0.25) is 0 Å². The Morgan fingerprint density at radius 3 is 2.91 bits per heavy atom. The topological polar surface area (TPSA) is 57.0 Å². The van der Waals surface area contributed by atoms with Crippen molar-refractivity contribution in [3.63, 3.8) is 0 Å². The van der Waals surface area contributed by atoms with Crippen LogP contribution in [0.2, 0.25) is 0 Å². The predicted molar refractivity (Wildman–Crippen MR) is 79.0 cm³/mol. The van der Waals surface area contributed by atoms with Crippen LogP contribution in [0.15, 0.2) is 42.9 Å². The molecule has 0 saturated carbocycles. The van der Waals surface area contributed by atoms with Gasteiger partial charge in [0.15, 0.2) is 0 Å². The minimum Gasteiger partial charge on any atom is -0.461 e. The lowest BCUT2D eigenvalue weighted by Gasteiger charge is -2.09. The number of carbonyl (C=O) groups is 1. The Morgan fingerprint density at radius 2 is 2.18 bits per heavy atom. The first-order chi connectivity index (χ1) is 10.7. The lowest BCUT2D eigenvalue weighted by Crippen LogP contribution is -2.13. The number of ether oxygens (including phenoxy) is 1. The highest BCUT2D eigenvalue weighted by atomic mass is 19.1. The van der Waals surface area contributed by atoms with E-state index in [0.717, 1.165) is 11.2 Å². The fraction of sp³-hybridized carbons (Fsp3) is 0.188. The first-order valence-electron chi connectivity index (χ1n) is 6.90. The number of benzene rings is 1. The molecule has 22 heavy (non-hydrogen) atoms. The average molecular weight is 299 g/mol. The van der Waals surface area contributed by atoms with E-state index in [1.165, 1.54) is 18.5 Å². The number of halogens is 1. The van der Waals surface area contributed by atoms with Gasteiger partial charge in [-0.15, -0.1) is 0 Å². The SMILES string of the molecule is CCOC(=O)c1cc2cc(F)ccc2n1Cc1ccncn1. The van der Waals surface area contributed by atoms with Gasteiger partial charge in [0, 0.05) is 17.1 Å². The largest absolute Gasteiger partial charge is 0.461 e. The molecule has 0 amide bonds. The highest BCUT2D eigenvalue weighted by Gasteiger charge is 2.17. The number of esters is 1. The van der Waals surface area contributed by atoms with Crippen LogP contribution in [-0.4, -0.2) is 27.1 Å². The lowest BCUT2D eigenvalue weighted by molar-refractivity contribution is 0.0515. The highest BCUT2D eigenvalue weighted by Crippen LogP contribution is 2.22. The van der Waals surface area contributed by atoms with E-state index in [4.69, 9.17) is 4.74 Å².